The fourth-order valence-corrected chi connectivity index (χ4v) is 1.11. The van der Waals surface area contributed by atoms with Gasteiger partial charge in [-0.3, -0.25) is 0 Å². The standard InChI is InChI=1S/2C4H5N3O3/c2*1-10-4-3(7(8)9)5-2-6-4/h2*2H,1H3,(H,5,6). The molecule has 2 aromatic heterocycles. The molecule has 2 heterocycles. The number of nitro groups is 2. The molecule has 20 heavy (non-hydrogen) atoms. The van der Waals surface area contributed by atoms with Crippen molar-refractivity contribution in [3.63, 3.8) is 0 Å². The second-order valence-corrected chi connectivity index (χ2v) is 3.04. The predicted molar refractivity (Wildman–Crippen MR) is 63.6 cm³/mol. The third-order valence-corrected chi connectivity index (χ3v) is 1.92. The molecule has 0 unspecified atom stereocenters. The first-order chi connectivity index (χ1) is 9.51. The van der Waals surface area contributed by atoms with Crippen molar-refractivity contribution < 1.29 is 19.3 Å². The topological polar surface area (TPSA) is 162 Å². The van der Waals surface area contributed by atoms with Crippen molar-refractivity contribution >= 4 is 11.6 Å². The molecular weight excluding hydrogens is 276 g/mol. The molecule has 0 aliphatic rings. The number of rotatable bonds is 4. The number of nitrogens with zero attached hydrogens (tertiary/aromatic N) is 4. The summed E-state index contributed by atoms with van der Waals surface area (Å²) in [7, 11) is 2.65. The number of ether oxygens (including phenoxy) is 2. The second kappa shape index (κ2) is 6.67. The molecule has 0 spiro atoms. The molecular formula is C8H10N6O6. The van der Waals surface area contributed by atoms with Gasteiger partial charge in [0.25, 0.3) is 0 Å². The van der Waals surface area contributed by atoms with Crippen molar-refractivity contribution in [3.8, 4) is 11.8 Å². The van der Waals surface area contributed by atoms with E-state index in [2.05, 4.69) is 29.4 Å². The van der Waals surface area contributed by atoms with Gasteiger partial charge in [-0.1, -0.05) is 0 Å². The Labute approximate surface area is 111 Å². The zero-order valence-electron chi connectivity index (χ0n) is 10.4. The van der Waals surface area contributed by atoms with Crippen LogP contribution in [0.15, 0.2) is 12.7 Å². The highest BCUT2D eigenvalue weighted by molar-refractivity contribution is 5.32. The van der Waals surface area contributed by atoms with Crippen molar-refractivity contribution in [2.75, 3.05) is 14.2 Å². The van der Waals surface area contributed by atoms with E-state index in [-0.39, 0.29) is 23.4 Å². The average molecular weight is 286 g/mol. The molecule has 0 radical (unpaired) electrons. The van der Waals surface area contributed by atoms with Crippen LogP contribution in [0.4, 0.5) is 11.6 Å². The fourth-order valence-electron chi connectivity index (χ4n) is 1.11. The Kier molecular flexibility index (Phi) is 4.96. The summed E-state index contributed by atoms with van der Waals surface area (Å²) >= 11 is 0. The molecule has 2 rings (SSSR count). The second-order valence-electron chi connectivity index (χ2n) is 3.04. The van der Waals surface area contributed by atoms with Crippen molar-refractivity contribution in [1.29, 1.82) is 0 Å². The number of imidazole rings is 2. The lowest BCUT2D eigenvalue weighted by Crippen LogP contribution is -1.91. The number of aromatic amines is 2. The first kappa shape index (κ1) is 14.9. The van der Waals surface area contributed by atoms with Gasteiger partial charge < -0.3 is 29.7 Å². The molecule has 2 aromatic rings. The van der Waals surface area contributed by atoms with Crippen LogP contribution in [-0.2, 0) is 0 Å². The predicted octanol–water partition coefficient (Wildman–Crippen LogP) is 0.653. The van der Waals surface area contributed by atoms with Gasteiger partial charge in [0.15, 0.2) is 12.7 Å². The van der Waals surface area contributed by atoms with E-state index >= 15 is 0 Å². The van der Waals surface area contributed by atoms with E-state index in [0.717, 1.165) is 0 Å². The Balaban J connectivity index is 0.000000200. The molecule has 12 heteroatoms. The van der Waals surface area contributed by atoms with E-state index in [1.807, 2.05) is 0 Å². The van der Waals surface area contributed by atoms with E-state index < -0.39 is 9.85 Å². The number of aromatic nitrogens is 4. The van der Waals surface area contributed by atoms with Crippen molar-refractivity contribution in [1.82, 2.24) is 19.9 Å². The van der Waals surface area contributed by atoms with Crippen LogP contribution in [0.2, 0.25) is 0 Å². The van der Waals surface area contributed by atoms with E-state index in [4.69, 9.17) is 0 Å². The van der Waals surface area contributed by atoms with Gasteiger partial charge in [0.1, 0.15) is 0 Å². The van der Waals surface area contributed by atoms with Gasteiger partial charge in [-0.2, -0.15) is 9.97 Å². The highest BCUT2D eigenvalue weighted by Crippen LogP contribution is 2.19. The highest BCUT2D eigenvalue weighted by atomic mass is 16.6. The van der Waals surface area contributed by atoms with Gasteiger partial charge in [0, 0.05) is 0 Å². The Morgan fingerprint density at radius 3 is 1.50 bits per heavy atom. The lowest BCUT2D eigenvalue weighted by molar-refractivity contribution is -0.390. The minimum absolute atomic E-state index is 0.00463. The van der Waals surface area contributed by atoms with Crippen LogP contribution in [0.3, 0.4) is 0 Å². The minimum Gasteiger partial charge on any atom is -0.475 e. The summed E-state index contributed by atoms with van der Waals surface area (Å²) in [5.41, 5.74) is 0. The molecule has 0 saturated carbocycles. The summed E-state index contributed by atoms with van der Waals surface area (Å²) in [6.07, 6.45) is 2.41. The Hall–Kier alpha value is -3.18. The number of hydrogen-bond acceptors (Lipinski definition) is 8. The SMILES string of the molecule is COc1nc[nH]c1[N+](=O)[O-].COc1nc[nH]c1[N+](=O)[O-]. The van der Waals surface area contributed by atoms with Crippen LogP contribution in [0.5, 0.6) is 11.8 Å². The summed E-state index contributed by atoms with van der Waals surface area (Å²) in [4.78, 5) is 30.7. The summed E-state index contributed by atoms with van der Waals surface area (Å²) in [6, 6.07) is 0. The molecule has 108 valence electrons. The molecule has 0 saturated heterocycles. The van der Waals surface area contributed by atoms with Gasteiger partial charge in [0.2, 0.25) is 0 Å². The molecule has 0 bridgehead atoms. The summed E-state index contributed by atoms with van der Waals surface area (Å²) in [5, 5.41) is 20.2. The van der Waals surface area contributed by atoms with Gasteiger partial charge in [-0.25, -0.2) is 9.97 Å². The Morgan fingerprint density at radius 1 is 0.950 bits per heavy atom. The number of nitrogens with one attached hydrogen (secondary N) is 2. The maximum absolute atomic E-state index is 10.1. The third-order valence-electron chi connectivity index (χ3n) is 1.92. The van der Waals surface area contributed by atoms with Gasteiger partial charge in [-0.05, 0) is 9.85 Å². The lowest BCUT2D eigenvalue weighted by atomic mass is 10.7. The van der Waals surface area contributed by atoms with E-state index in [9.17, 15) is 20.2 Å². The maximum atomic E-state index is 10.1. The summed E-state index contributed by atoms with van der Waals surface area (Å²) in [6.45, 7) is 0. The zero-order chi connectivity index (χ0) is 15.1. The van der Waals surface area contributed by atoms with Gasteiger partial charge >= 0.3 is 23.4 Å². The number of hydrogen-bond donors (Lipinski definition) is 2. The van der Waals surface area contributed by atoms with Crippen molar-refractivity contribution in [3.05, 3.63) is 32.9 Å². The number of H-pyrrole nitrogens is 2. The van der Waals surface area contributed by atoms with E-state index in [0.29, 0.717) is 0 Å². The summed E-state index contributed by atoms with van der Waals surface area (Å²) in [5.74, 6) is -0.431. The number of methoxy groups -OCH3 is 2. The molecule has 0 aromatic carbocycles. The monoisotopic (exact) mass is 286 g/mol. The first-order valence-corrected chi connectivity index (χ1v) is 4.94. The van der Waals surface area contributed by atoms with E-state index in [1.54, 1.807) is 0 Å². The maximum Gasteiger partial charge on any atom is 0.384 e. The van der Waals surface area contributed by atoms with Crippen LogP contribution >= 0.6 is 0 Å². The zero-order valence-corrected chi connectivity index (χ0v) is 10.4. The third kappa shape index (κ3) is 3.41. The molecule has 0 atom stereocenters. The van der Waals surface area contributed by atoms with Crippen LogP contribution in [-0.4, -0.2) is 44.0 Å². The molecule has 0 aliphatic heterocycles. The van der Waals surface area contributed by atoms with Gasteiger partial charge in [0.05, 0.1) is 14.2 Å². The molecule has 0 aliphatic carbocycles. The minimum atomic E-state index is -0.591. The molecule has 0 amide bonds. The largest absolute Gasteiger partial charge is 0.475 e. The molecule has 2 N–H and O–H groups in total. The highest BCUT2D eigenvalue weighted by Gasteiger charge is 2.15. The molecule has 12 nitrogen and oxygen atoms in total. The average Bonchev–Trinajstić information content (AvgIpc) is 3.07. The van der Waals surface area contributed by atoms with Crippen molar-refractivity contribution in [2.45, 2.75) is 0 Å². The van der Waals surface area contributed by atoms with E-state index in [1.165, 1.54) is 26.9 Å². The smallest absolute Gasteiger partial charge is 0.384 e. The van der Waals surface area contributed by atoms with Crippen molar-refractivity contribution in [2.24, 2.45) is 0 Å². The first-order valence-electron chi connectivity index (χ1n) is 4.94. The lowest BCUT2D eigenvalue weighted by Gasteiger charge is -1.92. The van der Waals surface area contributed by atoms with Gasteiger partial charge in [-0.15, -0.1) is 0 Å². The van der Waals surface area contributed by atoms with Crippen LogP contribution < -0.4 is 9.47 Å². The van der Waals surface area contributed by atoms with Crippen LogP contribution in [0.25, 0.3) is 0 Å². The Bertz CT molecular complexity index is 540. The van der Waals surface area contributed by atoms with Crippen LogP contribution in [0, 0.1) is 20.2 Å². The normalized spacial score (nSPS) is 9.30. The quantitative estimate of drug-likeness (QED) is 0.611. The summed E-state index contributed by atoms with van der Waals surface area (Å²) < 4.78 is 9.13. The fraction of sp³-hybridized carbons (Fsp3) is 0.250. The van der Waals surface area contributed by atoms with Crippen LogP contribution in [0.1, 0.15) is 0 Å². The Morgan fingerprint density at radius 2 is 1.30 bits per heavy atom. The molecule has 0 fully saturated rings.